The van der Waals surface area contributed by atoms with Gasteiger partial charge in [-0.2, -0.15) is 0 Å². The van der Waals surface area contributed by atoms with Gasteiger partial charge in [0.25, 0.3) is 6.29 Å². The van der Waals surface area contributed by atoms with Crippen molar-refractivity contribution in [2.75, 3.05) is 0 Å². The first kappa shape index (κ1) is 7.03. The zero-order chi connectivity index (χ0) is 8.23. The summed E-state index contributed by atoms with van der Waals surface area (Å²) in [6.45, 7) is 0. The van der Waals surface area contributed by atoms with Gasteiger partial charge in [-0.15, -0.1) is 0 Å². The van der Waals surface area contributed by atoms with Gasteiger partial charge in [0.2, 0.25) is 0 Å². The third-order valence-electron chi connectivity index (χ3n) is 1.46. The van der Waals surface area contributed by atoms with Crippen molar-refractivity contribution in [2.45, 2.75) is 6.29 Å². The lowest BCUT2D eigenvalue weighted by molar-refractivity contribution is -0.0229. The van der Waals surface area contributed by atoms with E-state index in [4.69, 9.17) is 14.2 Å². The average Bonchev–Trinajstić information content (AvgIpc) is 2.48. The van der Waals surface area contributed by atoms with Gasteiger partial charge in [0, 0.05) is 0 Å². The molecular weight excluding hydrogens is 156 g/mol. The Balaban J connectivity index is 2.07. The molecule has 0 unspecified atom stereocenters. The molecule has 0 aromatic carbocycles. The summed E-state index contributed by atoms with van der Waals surface area (Å²) in [4.78, 5) is 0. The van der Waals surface area contributed by atoms with Crippen LogP contribution in [-0.2, 0) is 14.2 Å². The fourth-order valence-electron chi connectivity index (χ4n) is 0.924. The van der Waals surface area contributed by atoms with Crippen molar-refractivity contribution in [1.29, 1.82) is 0 Å². The van der Waals surface area contributed by atoms with E-state index in [0.717, 1.165) is 0 Å². The van der Waals surface area contributed by atoms with Crippen molar-refractivity contribution in [3.05, 3.63) is 48.8 Å². The first-order valence-corrected chi connectivity index (χ1v) is 3.63. The molecule has 0 bridgehead atoms. The maximum absolute atomic E-state index is 5.21. The van der Waals surface area contributed by atoms with Crippen molar-refractivity contribution >= 4 is 0 Å². The van der Waals surface area contributed by atoms with Gasteiger partial charge in [-0.1, -0.05) is 12.2 Å². The molecule has 2 aliphatic heterocycles. The van der Waals surface area contributed by atoms with Crippen LogP contribution in [0.2, 0.25) is 0 Å². The molecule has 0 fully saturated rings. The van der Waals surface area contributed by atoms with Crippen molar-refractivity contribution in [3.63, 3.8) is 0 Å². The lowest BCUT2D eigenvalue weighted by Gasteiger charge is -2.11. The fourth-order valence-corrected chi connectivity index (χ4v) is 0.924. The minimum atomic E-state index is -0.433. The van der Waals surface area contributed by atoms with E-state index in [1.807, 2.05) is 12.2 Å². The van der Waals surface area contributed by atoms with Gasteiger partial charge in [0.1, 0.15) is 12.5 Å². The van der Waals surface area contributed by atoms with E-state index < -0.39 is 6.29 Å². The van der Waals surface area contributed by atoms with E-state index in [-0.39, 0.29) is 0 Å². The van der Waals surface area contributed by atoms with Gasteiger partial charge in [0.15, 0.2) is 5.76 Å². The lowest BCUT2D eigenvalue weighted by atomic mass is 10.4. The summed E-state index contributed by atoms with van der Waals surface area (Å²) in [6, 6.07) is 0. The molecule has 0 saturated carbocycles. The molecule has 0 radical (unpaired) electrons. The zero-order valence-corrected chi connectivity index (χ0v) is 6.34. The fraction of sp³-hybridized carbons (Fsp3) is 0.111. The summed E-state index contributed by atoms with van der Waals surface area (Å²) in [5.41, 5.74) is 0. The highest BCUT2D eigenvalue weighted by Crippen LogP contribution is 2.17. The highest BCUT2D eigenvalue weighted by Gasteiger charge is 2.19. The molecule has 0 aromatic rings. The van der Waals surface area contributed by atoms with E-state index in [1.54, 1.807) is 18.4 Å². The molecule has 0 atom stereocenters. The maximum Gasteiger partial charge on any atom is 0.299 e. The average molecular weight is 164 g/mol. The molecule has 0 amide bonds. The Hall–Kier alpha value is -1.64. The highest BCUT2D eigenvalue weighted by atomic mass is 16.7. The van der Waals surface area contributed by atoms with Crippen LogP contribution in [0.15, 0.2) is 48.8 Å². The first-order chi connectivity index (χ1) is 5.97. The Kier molecular flexibility index (Phi) is 1.86. The van der Waals surface area contributed by atoms with Crippen LogP contribution in [-0.4, -0.2) is 6.29 Å². The third kappa shape index (κ3) is 1.34. The normalized spacial score (nSPS) is 20.8. The van der Waals surface area contributed by atoms with Gasteiger partial charge in [0.05, 0.1) is 6.26 Å². The topological polar surface area (TPSA) is 27.7 Å². The van der Waals surface area contributed by atoms with E-state index in [1.165, 1.54) is 12.5 Å². The van der Waals surface area contributed by atoms with Crippen LogP contribution in [0.4, 0.5) is 0 Å². The van der Waals surface area contributed by atoms with Crippen molar-refractivity contribution < 1.29 is 14.2 Å². The van der Waals surface area contributed by atoms with E-state index in [2.05, 4.69) is 0 Å². The summed E-state index contributed by atoms with van der Waals surface area (Å²) in [5, 5.41) is 0. The molecule has 0 aliphatic carbocycles. The summed E-state index contributed by atoms with van der Waals surface area (Å²) in [7, 11) is 0. The Morgan fingerprint density at radius 1 is 0.917 bits per heavy atom. The molecule has 2 rings (SSSR count). The van der Waals surface area contributed by atoms with E-state index in [9.17, 15) is 0 Å². The molecule has 0 N–H and O–H groups in total. The molecule has 12 heavy (non-hydrogen) atoms. The molecule has 3 nitrogen and oxygen atoms in total. The van der Waals surface area contributed by atoms with Gasteiger partial charge < -0.3 is 14.2 Å². The van der Waals surface area contributed by atoms with Crippen LogP contribution in [0.1, 0.15) is 0 Å². The number of allylic oxidation sites excluding steroid dienone is 4. The predicted molar refractivity (Wildman–Crippen MR) is 42.5 cm³/mol. The van der Waals surface area contributed by atoms with Gasteiger partial charge in [-0.25, -0.2) is 0 Å². The van der Waals surface area contributed by atoms with Gasteiger partial charge in [-0.3, -0.25) is 0 Å². The Morgan fingerprint density at radius 2 is 1.75 bits per heavy atom. The summed E-state index contributed by atoms with van der Waals surface area (Å²) < 4.78 is 15.4. The quantitative estimate of drug-likeness (QED) is 0.591. The smallest absolute Gasteiger partial charge is 0.299 e. The Bertz CT molecular complexity index is 265. The zero-order valence-electron chi connectivity index (χ0n) is 6.34. The second-order valence-electron chi connectivity index (χ2n) is 2.28. The molecule has 3 heteroatoms. The molecule has 2 aliphatic rings. The number of ether oxygens (including phenoxy) is 3. The van der Waals surface area contributed by atoms with Gasteiger partial charge in [-0.05, 0) is 12.2 Å². The number of hydrogen-bond acceptors (Lipinski definition) is 3. The largest absolute Gasteiger partial charge is 0.461 e. The lowest BCUT2D eigenvalue weighted by Crippen LogP contribution is -2.11. The van der Waals surface area contributed by atoms with Crippen molar-refractivity contribution in [1.82, 2.24) is 0 Å². The second kappa shape index (κ2) is 3.17. The van der Waals surface area contributed by atoms with Crippen LogP contribution in [0.3, 0.4) is 0 Å². The monoisotopic (exact) mass is 164 g/mol. The van der Waals surface area contributed by atoms with Gasteiger partial charge >= 0.3 is 0 Å². The Labute approximate surface area is 70.2 Å². The summed E-state index contributed by atoms with van der Waals surface area (Å²) >= 11 is 0. The summed E-state index contributed by atoms with van der Waals surface area (Å²) in [6.07, 6.45) is 11.5. The molecule has 0 aromatic heterocycles. The molecular formula is C9H8O3. The third-order valence-corrected chi connectivity index (χ3v) is 1.46. The standard InChI is InChI=1S/C9H8O3/c1-2-4-8(10-5-3-1)9-11-6-7-12-9/h1-7,9H. The van der Waals surface area contributed by atoms with Crippen molar-refractivity contribution in [2.24, 2.45) is 0 Å². The minimum Gasteiger partial charge on any atom is -0.461 e. The molecule has 62 valence electrons. The summed E-state index contributed by atoms with van der Waals surface area (Å²) in [5.74, 6) is 0.644. The Morgan fingerprint density at radius 3 is 2.58 bits per heavy atom. The van der Waals surface area contributed by atoms with Crippen molar-refractivity contribution in [3.8, 4) is 0 Å². The first-order valence-electron chi connectivity index (χ1n) is 3.63. The predicted octanol–water partition coefficient (Wildman–Crippen LogP) is 1.81. The van der Waals surface area contributed by atoms with Crippen LogP contribution >= 0.6 is 0 Å². The second-order valence-corrected chi connectivity index (χ2v) is 2.28. The van der Waals surface area contributed by atoms with Crippen LogP contribution in [0.25, 0.3) is 0 Å². The number of hydrogen-bond donors (Lipinski definition) is 0. The van der Waals surface area contributed by atoms with Crippen LogP contribution in [0, 0.1) is 0 Å². The van der Waals surface area contributed by atoms with Crippen LogP contribution in [0.5, 0.6) is 0 Å². The van der Waals surface area contributed by atoms with E-state index in [0.29, 0.717) is 5.76 Å². The molecule has 2 heterocycles. The molecule has 0 spiro atoms. The SMILES string of the molecule is C1=CC=C(C2OC=CO2)OC=C1. The number of rotatable bonds is 1. The van der Waals surface area contributed by atoms with E-state index >= 15 is 0 Å². The maximum atomic E-state index is 5.21. The molecule has 0 saturated heterocycles. The van der Waals surface area contributed by atoms with Crippen LogP contribution < -0.4 is 0 Å². The highest BCUT2D eigenvalue weighted by molar-refractivity contribution is 5.18. The minimum absolute atomic E-state index is 0.433.